The number of pyridine rings is 2. The fourth-order valence-electron chi connectivity index (χ4n) is 3.98. The van der Waals surface area contributed by atoms with Crippen LogP contribution in [0.3, 0.4) is 0 Å². The molecule has 1 aliphatic heterocycles. The van der Waals surface area contributed by atoms with Crippen LogP contribution < -0.4 is 15.4 Å². The standard InChI is InChI=1S/C24H23FN6O4/c1-34-21-5-3-14(8-18(21)25)23(16-11-27-31(33)12-16)30-24(32)19-4-2-15-10-26-22(9-20(15)29-19)28-17-6-7-35-13-17/h2-5,8-12,17,23,33H,6-7,13H2,1H3,(H,26,28)(H,30,32). The van der Waals surface area contributed by atoms with E-state index >= 15 is 0 Å². The van der Waals surface area contributed by atoms with Crippen molar-refractivity contribution in [1.82, 2.24) is 25.2 Å². The molecule has 4 heterocycles. The van der Waals surface area contributed by atoms with Crippen LogP contribution in [-0.2, 0) is 4.74 Å². The Morgan fingerprint density at radius 1 is 1.26 bits per heavy atom. The van der Waals surface area contributed by atoms with Crippen LogP contribution in [0.2, 0.25) is 0 Å². The molecule has 5 rings (SSSR count). The number of nitrogens with one attached hydrogen (secondary N) is 2. The fourth-order valence-corrected chi connectivity index (χ4v) is 3.98. The normalized spacial score (nSPS) is 16.2. The molecule has 1 fully saturated rings. The van der Waals surface area contributed by atoms with E-state index in [0.717, 1.165) is 11.8 Å². The molecule has 1 amide bonds. The number of carbonyl (C=O) groups is 1. The van der Waals surface area contributed by atoms with Crippen LogP contribution in [0.5, 0.6) is 5.75 Å². The molecule has 0 radical (unpaired) electrons. The van der Waals surface area contributed by atoms with E-state index in [1.54, 1.807) is 30.5 Å². The second-order valence-corrected chi connectivity index (χ2v) is 8.16. The third-order valence-corrected chi connectivity index (χ3v) is 5.80. The molecule has 1 aromatic carbocycles. The number of halogens is 1. The summed E-state index contributed by atoms with van der Waals surface area (Å²) in [6, 6.07) is 8.91. The zero-order valence-corrected chi connectivity index (χ0v) is 18.8. The van der Waals surface area contributed by atoms with Gasteiger partial charge in [0, 0.05) is 29.8 Å². The molecule has 11 heteroatoms. The van der Waals surface area contributed by atoms with Gasteiger partial charge in [-0.1, -0.05) is 6.07 Å². The minimum absolute atomic E-state index is 0.0788. The van der Waals surface area contributed by atoms with E-state index in [1.807, 2.05) is 0 Å². The van der Waals surface area contributed by atoms with Crippen LogP contribution in [0.4, 0.5) is 10.2 Å². The zero-order valence-electron chi connectivity index (χ0n) is 18.8. The lowest BCUT2D eigenvalue weighted by Gasteiger charge is -2.18. The first-order valence-electron chi connectivity index (χ1n) is 11.0. The molecule has 35 heavy (non-hydrogen) atoms. The average Bonchev–Trinajstić information content (AvgIpc) is 3.53. The lowest BCUT2D eigenvalue weighted by Crippen LogP contribution is -2.30. The van der Waals surface area contributed by atoms with Gasteiger partial charge in [0.25, 0.3) is 5.91 Å². The molecule has 0 spiro atoms. The summed E-state index contributed by atoms with van der Waals surface area (Å²) in [6.07, 6.45) is 5.31. The summed E-state index contributed by atoms with van der Waals surface area (Å²) in [6.45, 7) is 1.33. The first kappa shape index (κ1) is 22.5. The lowest BCUT2D eigenvalue weighted by atomic mass is 10.0. The number of ether oxygens (including phenoxy) is 2. The first-order valence-corrected chi connectivity index (χ1v) is 11.0. The highest BCUT2D eigenvalue weighted by molar-refractivity contribution is 5.95. The third-order valence-electron chi connectivity index (χ3n) is 5.80. The van der Waals surface area contributed by atoms with Gasteiger partial charge in [-0.05, 0) is 36.2 Å². The van der Waals surface area contributed by atoms with Crippen LogP contribution in [0.1, 0.15) is 34.1 Å². The maximum atomic E-state index is 14.4. The zero-order chi connectivity index (χ0) is 24.4. The van der Waals surface area contributed by atoms with Gasteiger partial charge in [-0.25, -0.2) is 14.4 Å². The van der Waals surface area contributed by atoms with Crippen molar-refractivity contribution in [1.29, 1.82) is 0 Å². The predicted molar refractivity (Wildman–Crippen MR) is 124 cm³/mol. The summed E-state index contributed by atoms with van der Waals surface area (Å²) >= 11 is 0. The Labute approximate surface area is 199 Å². The van der Waals surface area contributed by atoms with Crippen molar-refractivity contribution in [3.05, 3.63) is 77.6 Å². The van der Waals surface area contributed by atoms with Crippen molar-refractivity contribution < 1.29 is 23.9 Å². The van der Waals surface area contributed by atoms with Crippen LogP contribution in [0, 0.1) is 5.82 Å². The molecule has 180 valence electrons. The summed E-state index contributed by atoms with van der Waals surface area (Å²) in [5, 5.41) is 20.4. The number of fused-ring (bicyclic) bond motifs is 1. The minimum atomic E-state index is -0.793. The summed E-state index contributed by atoms with van der Waals surface area (Å²) in [5.41, 5.74) is 1.68. The number of amides is 1. The molecule has 1 saturated heterocycles. The Hall–Kier alpha value is -4.25. The molecule has 0 aliphatic carbocycles. The number of methoxy groups -OCH3 is 1. The predicted octanol–water partition coefficient (Wildman–Crippen LogP) is 2.93. The topological polar surface area (TPSA) is 123 Å². The van der Waals surface area contributed by atoms with E-state index in [2.05, 4.69) is 25.7 Å². The van der Waals surface area contributed by atoms with Crippen molar-refractivity contribution in [3.63, 3.8) is 0 Å². The number of rotatable bonds is 7. The molecule has 3 N–H and O–H groups in total. The summed E-state index contributed by atoms with van der Waals surface area (Å²) in [5.74, 6) is -0.325. The maximum Gasteiger partial charge on any atom is 0.270 e. The van der Waals surface area contributed by atoms with Gasteiger partial charge in [0.1, 0.15) is 11.5 Å². The molecule has 2 unspecified atom stereocenters. The maximum absolute atomic E-state index is 14.4. The monoisotopic (exact) mass is 478 g/mol. The van der Waals surface area contributed by atoms with Gasteiger partial charge in [-0.3, -0.25) is 4.79 Å². The third kappa shape index (κ3) is 4.85. The number of hydrogen-bond donors (Lipinski definition) is 3. The molecule has 4 aromatic rings. The lowest BCUT2D eigenvalue weighted by molar-refractivity contribution is 0.0937. The summed E-state index contributed by atoms with van der Waals surface area (Å²) in [7, 11) is 1.37. The highest BCUT2D eigenvalue weighted by Crippen LogP contribution is 2.27. The molecule has 1 aliphatic rings. The smallest absolute Gasteiger partial charge is 0.270 e. The number of benzene rings is 1. The number of carbonyl (C=O) groups excluding carboxylic acids is 1. The molecular weight excluding hydrogens is 455 g/mol. The Morgan fingerprint density at radius 2 is 2.14 bits per heavy atom. The van der Waals surface area contributed by atoms with Gasteiger partial charge in [0.05, 0.1) is 43.7 Å². The number of nitrogens with zero attached hydrogens (tertiary/aromatic N) is 4. The first-order chi connectivity index (χ1) is 17.0. The second kappa shape index (κ2) is 9.55. The molecule has 0 bridgehead atoms. The molecular formula is C24H23FN6O4. The van der Waals surface area contributed by atoms with E-state index in [-0.39, 0.29) is 17.5 Å². The minimum Gasteiger partial charge on any atom is -0.494 e. The van der Waals surface area contributed by atoms with Gasteiger partial charge < -0.3 is 25.3 Å². The van der Waals surface area contributed by atoms with Crippen molar-refractivity contribution >= 4 is 22.6 Å². The Morgan fingerprint density at radius 3 is 2.86 bits per heavy atom. The molecule has 3 aromatic heterocycles. The van der Waals surface area contributed by atoms with Gasteiger partial charge in [-0.15, -0.1) is 9.94 Å². The van der Waals surface area contributed by atoms with Crippen molar-refractivity contribution in [2.75, 3.05) is 25.6 Å². The molecule has 0 saturated carbocycles. The molecule has 2 atom stereocenters. The van der Waals surface area contributed by atoms with Crippen molar-refractivity contribution in [2.45, 2.75) is 18.5 Å². The molecule has 10 nitrogen and oxygen atoms in total. The number of hydrogen-bond acceptors (Lipinski definition) is 8. The second-order valence-electron chi connectivity index (χ2n) is 8.16. The Bertz CT molecular complexity index is 1370. The van der Waals surface area contributed by atoms with Crippen LogP contribution in [0.25, 0.3) is 10.9 Å². The highest BCUT2D eigenvalue weighted by Gasteiger charge is 2.22. The SMILES string of the molecule is COc1ccc(C(NC(=O)c2ccc3cnc(NC4CCOC4)cc3n2)c2cnn(O)c2)cc1F. The van der Waals surface area contributed by atoms with Gasteiger partial charge in [0.15, 0.2) is 11.6 Å². The van der Waals surface area contributed by atoms with Gasteiger partial charge >= 0.3 is 0 Å². The van der Waals surface area contributed by atoms with E-state index in [9.17, 15) is 14.4 Å². The van der Waals surface area contributed by atoms with Crippen LogP contribution >= 0.6 is 0 Å². The Kier molecular flexibility index (Phi) is 6.15. The summed E-state index contributed by atoms with van der Waals surface area (Å²) in [4.78, 5) is 22.7. The number of aromatic nitrogens is 4. The van der Waals surface area contributed by atoms with E-state index < -0.39 is 17.8 Å². The highest BCUT2D eigenvalue weighted by atomic mass is 19.1. The van der Waals surface area contributed by atoms with E-state index in [4.69, 9.17) is 9.47 Å². The Balaban J connectivity index is 1.42. The summed E-state index contributed by atoms with van der Waals surface area (Å²) < 4.78 is 24.8. The van der Waals surface area contributed by atoms with E-state index in [1.165, 1.54) is 31.6 Å². The van der Waals surface area contributed by atoms with Crippen LogP contribution in [0.15, 0.2) is 55.0 Å². The quantitative estimate of drug-likeness (QED) is 0.347. The van der Waals surface area contributed by atoms with Gasteiger partial charge in [-0.2, -0.15) is 0 Å². The van der Waals surface area contributed by atoms with E-state index in [0.29, 0.717) is 40.5 Å². The van der Waals surface area contributed by atoms with Crippen LogP contribution in [-0.4, -0.2) is 57.4 Å². The largest absolute Gasteiger partial charge is 0.494 e. The van der Waals surface area contributed by atoms with Crippen molar-refractivity contribution in [3.8, 4) is 5.75 Å². The van der Waals surface area contributed by atoms with Crippen molar-refractivity contribution in [2.24, 2.45) is 0 Å². The fraction of sp³-hybridized carbons (Fsp3) is 0.250. The van der Waals surface area contributed by atoms with Gasteiger partial charge in [0.2, 0.25) is 0 Å². The number of anilines is 1. The average molecular weight is 478 g/mol.